The van der Waals surface area contributed by atoms with E-state index in [2.05, 4.69) is 21.3 Å². The average molecular weight is 765 g/mol. The molecule has 1 heterocycles. The highest BCUT2D eigenvalue weighted by Crippen LogP contribution is 2.29. The fraction of sp³-hybridized carbons (Fsp3) is 0.487. The molecule has 1 aliphatic rings. The van der Waals surface area contributed by atoms with Crippen molar-refractivity contribution in [3.63, 3.8) is 0 Å². The lowest BCUT2D eigenvalue weighted by Crippen LogP contribution is -2.59. The van der Waals surface area contributed by atoms with Crippen LogP contribution in [0.15, 0.2) is 54.6 Å². The standard InChI is InChI=1S/C39H52N6O10/c1-8-14-26(30(47)35(51)41-20-28(46)43-29(32(40)48)22-15-10-9-11-16-22)42-34(50)27-19-23(55-39(5,6)7)21-45(27)36(52)31(38(2,3)4)44-33(49)24-17-12-13-18-25(24)37(53)54/h9-13,15-18,23,26-27,29,31H,8,14,19-21H2,1-7H3,(H2,40,48)(H,41,51)(H,42,50)(H,43,46)(H,44,49)(H,53,54)/t23-,26?,27+,29+,31-/m1/s1. The number of benzene rings is 2. The van der Waals surface area contributed by atoms with Crippen LogP contribution in [-0.2, 0) is 33.5 Å². The molecule has 298 valence electrons. The van der Waals surface area contributed by atoms with Crippen LogP contribution in [0.2, 0.25) is 0 Å². The molecule has 16 heteroatoms. The third kappa shape index (κ3) is 12.2. The molecule has 6 amide bonds. The van der Waals surface area contributed by atoms with Gasteiger partial charge in [0.1, 0.15) is 18.1 Å². The van der Waals surface area contributed by atoms with Gasteiger partial charge in [0, 0.05) is 13.0 Å². The summed E-state index contributed by atoms with van der Waals surface area (Å²) < 4.78 is 6.16. The number of carbonyl (C=O) groups is 8. The number of nitrogens with zero attached hydrogens (tertiary/aromatic N) is 1. The number of nitrogens with one attached hydrogen (secondary N) is 4. The predicted molar refractivity (Wildman–Crippen MR) is 200 cm³/mol. The number of carboxylic acids is 1. The van der Waals surface area contributed by atoms with Crippen LogP contribution >= 0.6 is 0 Å². The number of primary amides is 1. The molecule has 1 saturated heterocycles. The minimum Gasteiger partial charge on any atom is -0.478 e. The van der Waals surface area contributed by atoms with E-state index in [0.717, 1.165) is 0 Å². The van der Waals surface area contributed by atoms with Crippen molar-refractivity contribution in [3.8, 4) is 0 Å². The van der Waals surface area contributed by atoms with Crippen LogP contribution in [0.3, 0.4) is 0 Å². The maximum atomic E-state index is 14.4. The molecular formula is C39H52N6O10. The van der Waals surface area contributed by atoms with Crippen LogP contribution in [0.5, 0.6) is 0 Å². The summed E-state index contributed by atoms with van der Waals surface area (Å²) in [6.45, 7) is 11.6. The lowest BCUT2D eigenvalue weighted by Gasteiger charge is -2.35. The number of ketones is 1. The maximum absolute atomic E-state index is 14.4. The molecule has 0 aromatic heterocycles. The Balaban J connectivity index is 1.81. The molecule has 0 saturated carbocycles. The van der Waals surface area contributed by atoms with E-state index >= 15 is 0 Å². The summed E-state index contributed by atoms with van der Waals surface area (Å²) in [5.41, 5.74) is 3.89. The first-order chi connectivity index (χ1) is 25.6. The zero-order valence-corrected chi connectivity index (χ0v) is 32.3. The fourth-order valence-corrected chi connectivity index (χ4v) is 6.17. The van der Waals surface area contributed by atoms with Gasteiger partial charge in [-0.15, -0.1) is 0 Å². The van der Waals surface area contributed by atoms with E-state index in [1.54, 1.807) is 58.0 Å². The number of Topliss-reactive ketones (excluding diaryl/α,β-unsaturated/α-hetero) is 1. The molecule has 0 aliphatic carbocycles. The molecule has 55 heavy (non-hydrogen) atoms. The second kappa shape index (κ2) is 18.6. The first-order valence-corrected chi connectivity index (χ1v) is 18.0. The lowest BCUT2D eigenvalue weighted by molar-refractivity contribution is -0.144. The van der Waals surface area contributed by atoms with E-state index in [-0.39, 0.29) is 30.5 Å². The fourth-order valence-electron chi connectivity index (χ4n) is 6.17. The zero-order chi connectivity index (χ0) is 41.2. The maximum Gasteiger partial charge on any atom is 0.336 e. The molecule has 1 fully saturated rings. The third-order valence-corrected chi connectivity index (χ3v) is 8.73. The topological polar surface area (TPSA) is 243 Å². The zero-order valence-electron chi connectivity index (χ0n) is 32.3. The van der Waals surface area contributed by atoms with Crippen molar-refractivity contribution in [1.29, 1.82) is 0 Å². The first kappa shape index (κ1) is 43.8. The van der Waals surface area contributed by atoms with Gasteiger partial charge in [-0.1, -0.05) is 76.6 Å². The summed E-state index contributed by atoms with van der Waals surface area (Å²) in [5, 5.41) is 19.6. The Morgan fingerprint density at radius 2 is 1.47 bits per heavy atom. The van der Waals surface area contributed by atoms with Gasteiger partial charge >= 0.3 is 5.97 Å². The normalized spacial score (nSPS) is 17.3. The molecule has 5 atom stereocenters. The molecule has 3 rings (SSSR count). The number of hydrogen-bond acceptors (Lipinski definition) is 9. The van der Waals surface area contributed by atoms with E-state index in [4.69, 9.17) is 10.5 Å². The number of nitrogens with two attached hydrogens (primary N) is 1. The molecule has 1 unspecified atom stereocenters. The number of carbonyl (C=O) groups excluding carboxylic acids is 7. The van der Waals surface area contributed by atoms with Gasteiger partial charge in [-0.05, 0) is 50.3 Å². The van der Waals surface area contributed by atoms with Gasteiger partial charge in [-0.3, -0.25) is 33.6 Å². The minimum absolute atomic E-state index is 0.0311. The molecular weight excluding hydrogens is 712 g/mol. The third-order valence-electron chi connectivity index (χ3n) is 8.73. The lowest BCUT2D eigenvalue weighted by atomic mass is 9.85. The summed E-state index contributed by atoms with van der Waals surface area (Å²) in [7, 11) is 0. The highest BCUT2D eigenvalue weighted by molar-refractivity contribution is 6.38. The Bertz CT molecular complexity index is 1770. The van der Waals surface area contributed by atoms with Crippen molar-refractivity contribution in [2.75, 3.05) is 13.1 Å². The molecule has 2 aromatic carbocycles. The van der Waals surface area contributed by atoms with Crippen molar-refractivity contribution < 1.29 is 48.2 Å². The number of carboxylic acid groups (broad SMARTS) is 1. The van der Waals surface area contributed by atoms with E-state index in [9.17, 15) is 43.5 Å². The monoisotopic (exact) mass is 764 g/mol. The largest absolute Gasteiger partial charge is 0.478 e. The summed E-state index contributed by atoms with van der Waals surface area (Å²) in [4.78, 5) is 106. The van der Waals surface area contributed by atoms with Gasteiger partial charge in [0.05, 0.1) is 35.4 Å². The van der Waals surface area contributed by atoms with Crippen LogP contribution in [0.4, 0.5) is 0 Å². The smallest absolute Gasteiger partial charge is 0.336 e. The second-order valence-corrected chi connectivity index (χ2v) is 15.4. The van der Waals surface area contributed by atoms with Gasteiger partial charge in [0.2, 0.25) is 29.4 Å². The van der Waals surface area contributed by atoms with Gasteiger partial charge in [-0.2, -0.15) is 0 Å². The number of rotatable bonds is 16. The molecule has 1 aliphatic heterocycles. The Hall–Kier alpha value is -5.64. The predicted octanol–water partition coefficient (Wildman–Crippen LogP) is 1.63. The highest BCUT2D eigenvalue weighted by Gasteiger charge is 2.47. The van der Waals surface area contributed by atoms with Crippen molar-refractivity contribution in [2.24, 2.45) is 11.1 Å². The van der Waals surface area contributed by atoms with Gasteiger partial charge < -0.3 is 41.7 Å². The Morgan fingerprint density at radius 1 is 0.873 bits per heavy atom. The van der Waals surface area contributed by atoms with Crippen molar-refractivity contribution in [2.45, 2.75) is 104 Å². The van der Waals surface area contributed by atoms with Crippen molar-refractivity contribution >= 4 is 47.2 Å². The Labute approximate surface area is 320 Å². The summed E-state index contributed by atoms with van der Waals surface area (Å²) >= 11 is 0. The number of amides is 6. The van der Waals surface area contributed by atoms with Crippen LogP contribution in [-0.4, -0.2) is 100 Å². The van der Waals surface area contributed by atoms with Crippen molar-refractivity contribution in [1.82, 2.24) is 26.2 Å². The van der Waals surface area contributed by atoms with Gasteiger partial charge in [0.25, 0.3) is 11.8 Å². The SMILES string of the molecule is CCCC(NC(=O)[C@@H]1C[C@@H](OC(C)(C)C)CN1C(=O)[C@@H](NC(=O)c1ccccc1C(=O)O)C(C)(C)C)C(=O)C(=O)NCC(=O)N[C@H](C(N)=O)c1ccccc1. The molecule has 16 nitrogen and oxygen atoms in total. The summed E-state index contributed by atoms with van der Waals surface area (Å²) in [6.07, 6.45) is -0.163. The first-order valence-electron chi connectivity index (χ1n) is 18.0. The summed E-state index contributed by atoms with van der Waals surface area (Å²) in [6, 6.07) is 8.87. The van der Waals surface area contributed by atoms with Crippen LogP contribution in [0.25, 0.3) is 0 Å². The van der Waals surface area contributed by atoms with E-state index in [1.165, 1.54) is 29.2 Å². The number of ether oxygens (including phenoxy) is 1. The molecule has 0 spiro atoms. The molecule has 7 N–H and O–H groups in total. The highest BCUT2D eigenvalue weighted by atomic mass is 16.5. The molecule has 0 radical (unpaired) electrons. The Kier molecular flexibility index (Phi) is 14.8. The van der Waals surface area contributed by atoms with Crippen LogP contribution in [0.1, 0.15) is 100 Å². The molecule has 2 aromatic rings. The second-order valence-electron chi connectivity index (χ2n) is 15.4. The van der Waals surface area contributed by atoms with Crippen LogP contribution < -0.4 is 27.0 Å². The van der Waals surface area contributed by atoms with E-state index < -0.39 is 95.0 Å². The van der Waals surface area contributed by atoms with Gasteiger partial charge in [-0.25, -0.2) is 4.79 Å². The number of aromatic carboxylic acids is 1. The average Bonchev–Trinajstić information content (AvgIpc) is 3.53. The van der Waals surface area contributed by atoms with E-state index in [1.807, 2.05) is 20.8 Å². The van der Waals surface area contributed by atoms with Crippen LogP contribution in [0, 0.1) is 5.41 Å². The quantitative estimate of drug-likeness (QED) is 0.135. The summed E-state index contributed by atoms with van der Waals surface area (Å²) in [5.74, 6) is -7.32. The Morgan fingerprint density at radius 3 is 2.02 bits per heavy atom. The van der Waals surface area contributed by atoms with Gasteiger partial charge in [0.15, 0.2) is 0 Å². The number of hydrogen-bond donors (Lipinski definition) is 6. The number of likely N-dealkylation sites (tertiary alicyclic amines) is 1. The minimum atomic E-state index is -1.33. The van der Waals surface area contributed by atoms with E-state index in [0.29, 0.717) is 12.0 Å². The molecule has 0 bridgehead atoms. The van der Waals surface area contributed by atoms with Crippen molar-refractivity contribution in [3.05, 3.63) is 71.3 Å².